The molecule has 2 aromatic carbocycles. The lowest BCUT2D eigenvalue weighted by atomic mass is 10.2. The molecule has 0 unspecified atom stereocenters. The standard InChI is InChI=1S/C19H23N3O/c1-3-4-10-22-14-21-18-12-16(8-9-19(18)22)20-13-15-6-5-7-17(11-15)23-2/h5-9,11-12,14,20H,3-4,10,13H2,1-2H3. The van der Waals surface area contributed by atoms with Gasteiger partial charge in [-0.1, -0.05) is 25.5 Å². The first-order valence-corrected chi connectivity index (χ1v) is 8.12. The Kier molecular flexibility index (Phi) is 4.81. The highest BCUT2D eigenvalue weighted by molar-refractivity contribution is 5.79. The number of aromatic nitrogens is 2. The van der Waals surface area contributed by atoms with Gasteiger partial charge in [0.15, 0.2) is 0 Å². The molecule has 1 heterocycles. The predicted molar refractivity (Wildman–Crippen MR) is 95.0 cm³/mol. The molecule has 120 valence electrons. The van der Waals surface area contributed by atoms with Crippen LogP contribution in [0.15, 0.2) is 48.8 Å². The van der Waals surface area contributed by atoms with Crippen LogP contribution in [0.5, 0.6) is 5.75 Å². The number of anilines is 1. The summed E-state index contributed by atoms with van der Waals surface area (Å²) in [6, 6.07) is 14.5. The highest BCUT2D eigenvalue weighted by Crippen LogP contribution is 2.20. The van der Waals surface area contributed by atoms with Crippen LogP contribution in [0, 0.1) is 0 Å². The number of benzene rings is 2. The first-order chi connectivity index (χ1) is 11.3. The molecule has 1 aromatic heterocycles. The van der Waals surface area contributed by atoms with E-state index in [0.717, 1.165) is 30.0 Å². The molecular formula is C19H23N3O. The van der Waals surface area contributed by atoms with Crippen LogP contribution in [-0.4, -0.2) is 16.7 Å². The average molecular weight is 309 g/mol. The molecule has 0 saturated heterocycles. The van der Waals surface area contributed by atoms with Gasteiger partial charge in [0.05, 0.1) is 24.5 Å². The molecule has 3 aromatic rings. The molecule has 0 atom stereocenters. The Morgan fingerprint density at radius 1 is 1.17 bits per heavy atom. The van der Waals surface area contributed by atoms with Gasteiger partial charge in [0.2, 0.25) is 0 Å². The number of imidazole rings is 1. The molecular weight excluding hydrogens is 286 g/mol. The van der Waals surface area contributed by atoms with Crippen LogP contribution in [0.25, 0.3) is 11.0 Å². The Bertz CT molecular complexity index is 779. The van der Waals surface area contributed by atoms with Crippen molar-refractivity contribution in [3.8, 4) is 5.75 Å². The van der Waals surface area contributed by atoms with E-state index in [2.05, 4.69) is 46.1 Å². The first-order valence-electron chi connectivity index (χ1n) is 8.12. The Labute approximate surface area is 137 Å². The Morgan fingerprint density at radius 3 is 2.91 bits per heavy atom. The van der Waals surface area contributed by atoms with Crippen LogP contribution in [0.3, 0.4) is 0 Å². The predicted octanol–water partition coefficient (Wildman–Crippen LogP) is 4.46. The van der Waals surface area contributed by atoms with E-state index >= 15 is 0 Å². The summed E-state index contributed by atoms with van der Waals surface area (Å²) in [5.74, 6) is 0.884. The molecule has 0 aliphatic rings. The summed E-state index contributed by atoms with van der Waals surface area (Å²) in [7, 11) is 1.69. The normalized spacial score (nSPS) is 10.9. The van der Waals surface area contributed by atoms with Gasteiger partial charge in [0, 0.05) is 18.8 Å². The van der Waals surface area contributed by atoms with E-state index in [-0.39, 0.29) is 0 Å². The Morgan fingerprint density at radius 2 is 2.09 bits per heavy atom. The van der Waals surface area contributed by atoms with Gasteiger partial charge in [-0.15, -0.1) is 0 Å². The second-order valence-electron chi connectivity index (χ2n) is 5.70. The van der Waals surface area contributed by atoms with Gasteiger partial charge in [0.1, 0.15) is 5.75 Å². The van der Waals surface area contributed by atoms with Gasteiger partial charge < -0.3 is 14.6 Å². The van der Waals surface area contributed by atoms with Crippen molar-refractivity contribution in [3.63, 3.8) is 0 Å². The molecule has 0 spiro atoms. The first kappa shape index (κ1) is 15.4. The number of rotatable bonds is 7. The van der Waals surface area contributed by atoms with Crippen molar-refractivity contribution in [2.24, 2.45) is 0 Å². The second kappa shape index (κ2) is 7.18. The van der Waals surface area contributed by atoms with Crippen molar-refractivity contribution in [2.75, 3.05) is 12.4 Å². The maximum atomic E-state index is 5.26. The van der Waals surface area contributed by atoms with E-state index in [0.29, 0.717) is 0 Å². The lowest BCUT2D eigenvalue weighted by Gasteiger charge is -2.08. The second-order valence-corrected chi connectivity index (χ2v) is 5.70. The zero-order valence-electron chi connectivity index (χ0n) is 13.7. The van der Waals surface area contributed by atoms with Crippen LogP contribution in [0.2, 0.25) is 0 Å². The molecule has 0 saturated carbocycles. The van der Waals surface area contributed by atoms with Crippen molar-refractivity contribution >= 4 is 16.7 Å². The van der Waals surface area contributed by atoms with E-state index in [4.69, 9.17) is 4.74 Å². The fourth-order valence-electron chi connectivity index (χ4n) is 2.67. The minimum Gasteiger partial charge on any atom is -0.497 e. The van der Waals surface area contributed by atoms with Crippen molar-refractivity contribution < 1.29 is 4.74 Å². The molecule has 23 heavy (non-hydrogen) atoms. The fraction of sp³-hybridized carbons (Fsp3) is 0.316. The number of ether oxygens (including phenoxy) is 1. The molecule has 0 aliphatic carbocycles. The van der Waals surface area contributed by atoms with Crippen molar-refractivity contribution in [1.29, 1.82) is 0 Å². The summed E-state index contributed by atoms with van der Waals surface area (Å²) in [4.78, 5) is 4.52. The Balaban J connectivity index is 1.71. The van der Waals surface area contributed by atoms with Crippen LogP contribution >= 0.6 is 0 Å². The summed E-state index contributed by atoms with van der Waals surface area (Å²) in [6.45, 7) is 4.00. The monoisotopic (exact) mass is 309 g/mol. The third-order valence-electron chi connectivity index (χ3n) is 4.00. The largest absolute Gasteiger partial charge is 0.497 e. The quantitative estimate of drug-likeness (QED) is 0.700. The number of aryl methyl sites for hydroxylation is 1. The van der Waals surface area contributed by atoms with Crippen LogP contribution < -0.4 is 10.1 Å². The minimum absolute atomic E-state index is 0.763. The average Bonchev–Trinajstić information content (AvgIpc) is 3.00. The molecule has 0 radical (unpaired) electrons. The number of fused-ring (bicyclic) bond motifs is 1. The molecule has 1 N–H and O–H groups in total. The number of hydrogen-bond acceptors (Lipinski definition) is 3. The summed E-state index contributed by atoms with van der Waals surface area (Å²) in [5, 5.41) is 3.45. The zero-order chi connectivity index (χ0) is 16.1. The Hall–Kier alpha value is -2.49. The SMILES string of the molecule is CCCCn1cnc2cc(NCc3cccc(OC)c3)ccc21. The number of nitrogens with zero attached hydrogens (tertiary/aromatic N) is 2. The molecule has 3 rings (SSSR count). The summed E-state index contributed by atoms with van der Waals surface area (Å²) < 4.78 is 7.49. The number of hydrogen-bond donors (Lipinski definition) is 1. The summed E-state index contributed by atoms with van der Waals surface area (Å²) in [5.41, 5.74) is 4.51. The van der Waals surface area contributed by atoms with Gasteiger partial charge >= 0.3 is 0 Å². The molecule has 0 amide bonds. The third kappa shape index (κ3) is 3.65. The van der Waals surface area contributed by atoms with E-state index in [1.165, 1.54) is 23.9 Å². The van der Waals surface area contributed by atoms with E-state index < -0.39 is 0 Å². The lowest BCUT2D eigenvalue weighted by molar-refractivity contribution is 0.414. The summed E-state index contributed by atoms with van der Waals surface area (Å²) >= 11 is 0. The van der Waals surface area contributed by atoms with Gasteiger partial charge in [0.25, 0.3) is 0 Å². The van der Waals surface area contributed by atoms with Crippen molar-refractivity contribution in [3.05, 3.63) is 54.4 Å². The van der Waals surface area contributed by atoms with Gasteiger partial charge in [-0.2, -0.15) is 0 Å². The number of unbranched alkanes of at least 4 members (excludes halogenated alkanes) is 1. The van der Waals surface area contributed by atoms with E-state index in [1.54, 1.807) is 7.11 Å². The maximum Gasteiger partial charge on any atom is 0.119 e. The lowest BCUT2D eigenvalue weighted by Crippen LogP contribution is -2.00. The smallest absolute Gasteiger partial charge is 0.119 e. The van der Waals surface area contributed by atoms with Gasteiger partial charge in [-0.25, -0.2) is 4.98 Å². The molecule has 0 aliphatic heterocycles. The number of nitrogens with one attached hydrogen (secondary N) is 1. The van der Waals surface area contributed by atoms with Crippen molar-refractivity contribution in [2.45, 2.75) is 32.9 Å². The minimum atomic E-state index is 0.763. The maximum absolute atomic E-state index is 5.26. The van der Waals surface area contributed by atoms with Crippen LogP contribution in [0.1, 0.15) is 25.3 Å². The topological polar surface area (TPSA) is 39.1 Å². The van der Waals surface area contributed by atoms with Gasteiger partial charge in [-0.3, -0.25) is 0 Å². The third-order valence-corrected chi connectivity index (χ3v) is 4.00. The van der Waals surface area contributed by atoms with Crippen LogP contribution in [-0.2, 0) is 13.1 Å². The molecule has 4 nitrogen and oxygen atoms in total. The summed E-state index contributed by atoms with van der Waals surface area (Å²) in [6.07, 6.45) is 4.31. The van der Waals surface area contributed by atoms with Crippen molar-refractivity contribution in [1.82, 2.24) is 9.55 Å². The molecule has 0 bridgehead atoms. The fourth-order valence-corrected chi connectivity index (χ4v) is 2.67. The highest BCUT2D eigenvalue weighted by atomic mass is 16.5. The molecule has 4 heteroatoms. The zero-order valence-corrected chi connectivity index (χ0v) is 13.7. The van der Waals surface area contributed by atoms with E-state index in [1.807, 2.05) is 24.5 Å². The highest BCUT2D eigenvalue weighted by Gasteiger charge is 2.04. The van der Waals surface area contributed by atoms with Crippen LogP contribution in [0.4, 0.5) is 5.69 Å². The van der Waals surface area contributed by atoms with E-state index in [9.17, 15) is 0 Å². The molecule has 0 fully saturated rings. The number of methoxy groups -OCH3 is 1. The van der Waals surface area contributed by atoms with Gasteiger partial charge in [-0.05, 0) is 42.3 Å².